The zero-order valence-electron chi connectivity index (χ0n) is 13.0. The summed E-state index contributed by atoms with van der Waals surface area (Å²) in [7, 11) is 0. The molecule has 112 valence electrons. The predicted octanol–water partition coefficient (Wildman–Crippen LogP) is 2.46. The van der Waals surface area contributed by atoms with E-state index >= 15 is 0 Å². The third-order valence-electron chi connectivity index (χ3n) is 3.07. The van der Waals surface area contributed by atoms with Gasteiger partial charge in [-0.2, -0.15) is 0 Å². The average Bonchev–Trinajstić information content (AvgIpc) is 2.64. The number of hydrogen-bond donors (Lipinski definition) is 1. The van der Waals surface area contributed by atoms with Crippen molar-refractivity contribution in [2.75, 3.05) is 6.54 Å². The van der Waals surface area contributed by atoms with Gasteiger partial charge in [0.25, 0.3) is 0 Å². The minimum Gasteiger partial charge on any atom is -0.387 e. The largest absolute Gasteiger partial charge is 0.387 e. The Balaban J connectivity index is 0.000000144. The molecule has 2 aromatic carbocycles. The van der Waals surface area contributed by atoms with E-state index in [0.717, 1.165) is 17.6 Å². The van der Waals surface area contributed by atoms with Gasteiger partial charge in [-0.25, -0.2) is 0 Å². The fourth-order valence-corrected chi connectivity index (χ4v) is 2.08. The Morgan fingerprint density at radius 2 is 1.32 bits per heavy atom. The van der Waals surface area contributed by atoms with E-state index < -0.39 is 0 Å². The molecule has 3 nitrogen and oxygen atoms in total. The minimum absolute atomic E-state index is 0.949. The highest BCUT2D eigenvalue weighted by atomic mass is 14.8. The van der Waals surface area contributed by atoms with Gasteiger partial charge in [0.15, 0.2) is 0 Å². The van der Waals surface area contributed by atoms with E-state index in [-0.39, 0.29) is 0 Å². The molecule has 1 aromatic heterocycles. The lowest BCUT2D eigenvalue weighted by molar-refractivity contribution is 1.05. The molecule has 0 atom stereocenters. The van der Waals surface area contributed by atoms with Crippen molar-refractivity contribution in [1.82, 2.24) is 15.3 Å². The highest BCUT2D eigenvalue weighted by molar-refractivity contribution is 5.72. The quantitative estimate of drug-likeness (QED) is 0.691. The fourth-order valence-electron chi connectivity index (χ4n) is 2.08. The van der Waals surface area contributed by atoms with E-state index in [1.54, 1.807) is 12.4 Å². The minimum atomic E-state index is 0.949. The molecule has 0 amide bonds. The lowest BCUT2D eigenvalue weighted by atomic mass is 10.2. The van der Waals surface area contributed by atoms with Gasteiger partial charge in [-0.1, -0.05) is 56.3 Å². The molecular formula is C19H21N3. The molecule has 0 saturated heterocycles. The topological polar surface area (TPSA) is 37.8 Å². The molecular weight excluding hydrogens is 270 g/mol. The van der Waals surface area contributed by atoms with E-state index in [2.05, 4.69) is 51.8 Å². The van der Waals surface area contributed by atoms with Crippen molar-refractivity contribution in [1.29, 1.82) is 0 Å². The van der Waals surface area contributed by atoms with Gasteiger partial charge in [-0.05, 0) is 22.6 Å². The first-order chi connectivity index (χ1) is 10.9. The highest BCUT2D eigenvalue weighted by Gasteiger charge is 1.88. The van der Waals surface area contributed by atoms with Crippen molar-refractivity contribution in [2.24, 2.45) is 0 Å². The summed E-state index contributed by atoms with van der Waals surface area (Å²) >= 11 is 0. The standard InChI is InChI=1S/C9H9N.C8H6N2.C2H6/c1-2-4-9-7-10-6-5-8(9)3-1;1-2-4-8-7(3-1)9-5-6-10-8;1-2/h1-5,7,10H,6H2;1-6H;1-2H3. The molecule has 2 heterocycles. The second-order valence-corrected chi connectivity index (χ2v) is 4.43. The summed E-state index contributed by atoms with van der Waals surface area (Å²) in [6.07, 6.45) is 7.63. The number of fused-ring (bicyclic) bond motifs is 2. The first-order valence-electron chi connectivity index (χ1n) is 7.58. The van der Waals surface area contributed by atoms with Crippen molar-refractivity contribution < 1.29 is 0 Å². The van der Waals surface area contributed by atoms with Crippen molar-refractivity contribution >= 4 is 23.3 Å². The third kappa shape index (κ3) is 4.16. The van der Waals surface area contributed by atoms with E-state index in [4.69, 9.17) is 0 Å². The molecule has 1 N–H and O–H groups in total. The number of hydrogen-bond acceptors (Lipinski definition) is 3. The molecule has 3 heteroatoms. The van der Waals surface area contributed by atoms with Crippen LogP contribution in [-0.4, -0.2) is 16.5 Å². The van der Waals surface area contributed by atoms with Crippen molar-refractivity contribution in [3.63, 3.8) is 0 Å². The van der Waals surface area contributed by atoms with Crippen LogP contribution in [0.1, 0.15) is 13.8 Å². The Hall–Kier alpha value is -2.68. The lowest BCUT2D eigenvalue weighted by Gasteiger charge is -2.00. The molecule has 1 aliphatic rings. The third-order valence-corrected chi connectivity index (χ3v) is 3.07. The van der Waals surface area contributed by atoms with Gasteiger partial charge >= 0.3 is 0 Å². The molecule has 0 saturated carbocycles. The van der Waals surface area contributed by atoms with Crippen LogP contribution in [0, 0.1) is 0 Å². The van der Waals surface area contributed by atoms with Gasteiger partial charge in [-0.15, -0.1) is 0 Å². The van der Waals surface area contributed by atoms with Crippen LogP contribution in [0.2, 0.25) is 0 Å². The van der Waals surface area contributed by atoms with Crippen LogP contribution in [0.3, 0.4) is 0 Å². The van der Waals surface area contributed by atoms with Crippen LogP contribution in [-0.2, 0) is 0 Å². The molecule has 4 rings (SSSR count). The molecule has 0 fully saturated rings. The molecule has 0 aliphatic carbocycles. The van der Waals surface area contributed by atoms with Crippen LogP contribution in [0.15, 0.2) is 60.9 Å². The number of rotatable bonds is 0. The van der Waals surface area contributed by atoms with Crippen LogP contribution in [0.25, 0.3) is 23.3 Å². The van der Waals surface area contributed by atoms with Gasteiger partial charge in [0, 0.05) is 25.1 Å². The smallest absolute Gasteiger partial charge is 0.0886 e. The van der Waals surface area contributed by atoms with Gasteiger partial charge in [0.1, 0.15) is 0 Å². The number of benzene rings is 2. The normalized spacial score (nSPS) is 11.2. The van der Waals surface area contributed by atoms with Crippen molar-refractivity contribution in [3.8, 4) is 0 Å². The van der Waals surface area contributed by atoms with Crippen LogP contribution in [0.4, 0.5) is 0 Å². The Bertz CT molecular complexity index is 725. The zero-order chi connectivity index (χ0) is 15.6. The first kappa shape index (κ1) is 15.7. The number of nitrogens with zero attached hydrogens (tertiary/aromatic N) is 2. The average molecular weight is 291 g/mol. The Kier molecular flexibility index (Phi) is 6.12. The summed E-state index contributed by atoms with van der Waals surface area (Å²) < 4.78 is 0. The first-order valence-corrected chi connectivity index (χ1v) is 7.58. The number of para-hydroxylation sites is 2. The summed E-state index contributed by atoms with van der Waals surface area (Å²) in [4.78, 5) is 8.24. The maximum absolute atomic E-state index is 4.12. The highest BCUT2D eigenvalue weighted by Crippen LogP contribution is 2.04. The molecule has 3 aromatic rings. The molecule has 0 bridgehead atoms. The summed E-state index contributed by atoms with van der Waals surface area (Å²) in [5.74, 6) is 0. The molecule has 22 heavy (non-hydrogen) atoms. The SMILES string of the molecule is C1=c2ccccc2=CNC1.CC.c1ccc2nccnc2c1. The van der Waals surface area contributed by atoms with Crippen LogP contribution in [0.5, 0.6) is 0 Å². The van der Waals surface area contributed by atoms with Crippen LogP contribution < -0.4 is 15.8 Å². The maximum atomic E-state index is 4.12. The maximum Gasteiger partial charge on any atom is 0.0886 e. The second-order valence-electron chi connectivity index (χ2n) is 4.43. The molecule has 0 spiro atoms. The molecule has 0 radical (unpaired) electrons. The van der Waals surface area contributed by atoms with Crippen molar-refractivity contribution in [3.05, 3.63) is 71.4 Å². The Labute approximate surface area is 131 Å². The van der Waals surface area contributed by atoms with Gasteiger partial charge in [0.2, 0.25) is 0 Å². The monoisotopic (exact) mass is 291 g/mol. The van der Waals surface area contributed by atoms with Crippen LogP contribution >= 0.6 is 0 Å². The van der Waals surface area contributed by atoms with E-state index in [0.29, 0.717) is 0 Å². The van der Waals surface area contributed by atoms with Gasteiger partial charge < -0.3 is 5.32 Å². The Morgan fingerprint density at radius 3 is 1.91 bits per heavy atom. The Morgan fingerprint density at radius 1 is 0.773 bits per heavy atom. The second kappa shape index (κ2) is 8.57. The summed E-state index contributed by atoms with van der Waals surface area (Å²) in [6.45, 7) is 4.96. The fraction of sp³-hybridized carbons (Fsp3) is 0.158. The van der Waals surface area contributed by atoms with Gasteiger partial charge in [-0.3, -0.25) is 9.97 Å². The molecule has 1 aliphatic heterocycles. The van der Waals surface area contributed by atoms with E-state index in [1.165, 1.54) is 10.4 Å². The number of nitrogens with one attached hydrogen (secondary N) is 1. The zero-order valence-corrected chi connectivity index (χ0v) is 13.0. The van der Waals surface area contributed by atoms with E-state index in [9.17, 15) is 0 Å². The predicted molar refractivity (Wildman–Crippen MR) is 93.5 cm³/mol. The van der Waals surface area contributed by atoms with Gasteiger partial charge in [0.05, 0.1) is 11.0 Å². The summed E-state index contributed by atoms with van der Waals surface area (Å²) in [5.41, 5.74) is 1.90. The number of aromatic nitrogens is 2. The van der Waals surface area contributed by atoms with E-state index in [1.807, 2.05) is 38.1 Å². The lowest BCUT2D eigenvalue weighted by Crippen LogP contribution is -2.32. The van der Waals surface area contributed by atoms with Crippen molar-refractivity contribution in [2.45, 2.75) is 13.8 Å². The molecule has 0 unspecified atom stereocenters. The summed E-state index contributed by atoms with van der Waals surface area (Å²) in [5, 5.41) is 5.78. The summed E-state index contributed by atoms with van der Waals surface area (Å²) in [6, 6.07) is 16.2.